The van der Waals surface area contributed by atoms with Crippen molar-refractivity contribution in [3.05, 3.63) is 88.7 Å². The second-order valence-electron chi connectivity index (χ2n) is 7.11. The minimum absolute atomic E-state index is 0.211. The van der Waals surface area contributed by atoms with Crippen LogP contribution in [0.3, 0.4) is 0 Å². The van der Waals surface area contributed by atoms with Crippen molar-refractivity contribution >= 4 is 10.8 Å². The van der Waals surface area contributed by atoms with Crippen molar-refractivity contribution in [3.8, 4) is 34.4 Å². The van der Waals surface area contributed by atoms with Crippen LogP contribution >= 0.6 is 0 Å². The zero-order valence-electron chi connectivity index (χ0n) is 16.9. The lowest BCUT2D eigenvalue weighted by Gasteiger charge is -2.09. The van der Waals surface area contributed by atoms with E-state index in [0.29, 0.717) is 33.7 Å². The highest BCUT2D eigenvalue weighted by molar-refractivity contribution is 5.92. The number of fused-ring (bicyclic) bond motifs is 1. The smallest absolute Gasteiger partial charge is 0.279 e. The second kappa shape index (κ2) is 7.53. The molecule has 0 bridgehead atoms. The molecule has 0 radical (unpaired) electrons. The molecule has 0 atom stereocenters. The maximum absolute atomic E-state index is 13.1. The summed E-state index contributed by atoms with van der Waals surface area (Å²) in [6.07, 6.45) is 0. The summed E-state index contributed by atoms with van der Waals surface area (Å²) in [7, 11) is 1.60. The molecule has 0 amide bonds. The van der Waals surface area contributed by atoms with Crippen molar-refractivity contribution in [2.45, 2.75) is 6.92 Å². The highest BCUT2D eigenvalue weighted by atomic mass is 16.5. The predicted molar refractivity (Wildman–Crippen MR) is 117 cm³/mol. The summed E-state index contributed by atoms with van der Waals surface area (Å²) in [4.78, 5) is 17.7. The molecular formula is C24H18N4O3. The largest absolute Gasteiger partial charge is 0.497 e. The number of ether oxygens (including phenoxy) is 1. The predicted octanol–water partition coefficient (Wildman–Crippen LogP) is 4.42. The highest BCUT2D eigenvalue weighted by Crippen LogP contribution is 2.27. The van der Waals surface area contributed by atoms with Crippen molar-refractivity contribution in [1.29, 1.82) is 0 Å². The van der Waals surface area contributed by atoms with Crippen molar-refractivity contribution < 1.29 is 9.26 Å². The van der Waals surface area contributed by atoms with Gasteiger partial charge in [-0.1, -0.05) is 47.6 Å². The Kier molecular flexibility index (Phi) is 4.55. The molecule has 31 heavy (non-hydrogen) atoms. The van der Waals surface area contributed by atoms with Gasteiger partial charge in [-0.3, -0.25) is 4.79 Å². The van der Waals surface area contributed by atoms with Crippen LogP contribution in [0.2, 0.25) is 0 Å². The SMILES string of the molecule is COc1cccc(-c2noc(-c3nn(-c4cccc(C)c4)c(=O)c4ccccc34)n2)c1. The van der Waals surface area contributed by atoms with Crippen LogP contribution < -0.4 is 10.3 Å². The zero-order chi connectivity index (χ0) is 21.4. The number of rotatable bonds is 4. The Hall–Kier alpha value is -4.26. The molecule has 152 valence electrons. The number of aryl methyl sites for hydroxylation is 1. The van der Waals surface area contributed by atoms with Crippen LogP contribution in [0.15, 0.2) is 82.1 Å². The standard InChI is InChI=1S/C24H18N4O3/c1-15-7-5-9-17(13-15)28-24(29)20-12-4-3-11-19(20)21(26-28)23-25-22(27-31-23)16-8-6-10-18(14-16)30-2/h3-14H,1-2H3. The molecule has 3 aromatic carbocycles. The van der Waals surface area contributed by atoms with E-state index in [1.165, 1.54) is 4.68 Å². The molecule has 7 heteroatoms. The highest BCUT2D eigenvalue weighted by Gasteiger charge is 2.19. The second-order valence-corrected chi connectivity index (χ2v) is 7.11. The Morgan fingerprint density at radius 2 is 1.74 bits per heavy atom. The van der Waals surface area contributed by atoms with Crippen LogP contribution in [-0.4, -0.2) is 27.0 Å². The van der Waals surface area contributed by atoms with Gasteiger partial charge in [-0.25, -0.2) is 0 Å². The summed E-state index contributed by atoms with van der Waals surface area (Å²) in [6.45, 7) is 1.97. The summed E-state index contributed by atoms with van der Waals surface area (Å²) in [5.74, 6) is 1.34. The molecular weight excluding hydrogens is 392 g/mol. The summed E-state index contributed by atoms with van der Waals surface area (Å²) >= 11 is 0. The van der Waals surface area contributed by atoms with Gasteiger partial charge in [-0.05, 0) is 42.8 Å². The van der Waals surface area contributed by atoms with E-state index >= 15 is 0 Å². The Balaban J connectivity index is 1.71. The third-order valence-corrected chi connectivity index (χ3v) is 5.01. The summed E-state index contributed by atoms with van der Waals surface area (Å²) < 4.78 is 12.2. The number of methoxy groups -OCH3 is 1. The number of hydrogen-bond acceptors (Lipinski definition) is 6. The average Bonchev–Trinajstić information content (AvgIpc) is 3.30. The quantitative estimate of drug-likeness (QED) is 0.436. The van der Waals surface area contributed by atoms with Gasteiger partial charge in [0.2, 0.25) is 5.82 Å². The molecule has 0 aliphatic rings. The minimum atomic E-state index is -0.211. The molecule has 0 fully saturated rings. The first-order valence-corrected chi connectivity index (χ1v) is 9.71. The molecule has 7 nitrogen and oxygen atoms in total. The molecule has 5 rings (SSSR count). The van der Waals surface area contributed by atoms with Gasteiger partial charge in [0.05, 0.1) is 18.2 Å². The van der Waals surface area contributed by atoms with E-state index in [0.717, 1.165) is 11.1 Å². The first-order valence-electron chi connectivity index (χ1n) is 9.71. The van der Waals surface area contributed by atoms with Crippen LogP contribution in [0.5, 0.6) is 5.75 Å². The molecule has 0 N–H and O–H groups in total. The van der Waals surface area contributed by atoms with Gasteiger partial charge in [0, 0.05) is 10.9 Å². The Morgan fingerprint density at radius 1 is 0.935 bits per heavy atom. The van der Waals surface area contributed by atoms with E-state index < -0.39 is 0 Å². The normalized spacial score (nSPS) is 11.0. The molecule has 0 saturated heterocycles. The van der Waals surface area contributed by atoms with Gasteiger partial charge < -0.3 is 9.26 Å². The third kappa shape index (κ3) is 3.36. The fourth-order valence-electron chi connectivity index (χ4n) is 3.48. The van der Waals surface area contributed by atoms with Gasteiger partial charge in [0.25, 0.3) is 11.4 Å². The fourth-order valence-corrected chi connectivity index (χ4v) is 3.48. The van der Waals surface area contributed by atoms with Crippen molar-refractivity contribution in [1.82, 2.24) is 19.9 Å². The number of benzene rings is 3. The zero-order valence-corrected chi connectivity index (χ0v) is 16.9. The minimum Gasteiger partial charge on any atom is -0.497 e. The van der Waals surface area contributed by atoms with Gasteiger partial charge >= 0.3 is 0 Å². The van der Waals surface area contributed by atoms with Crippen molar-refractivity contribution in [2.24, 2.45) is 0 Å². The maximum atomic E-state index is 13.1. The monoisotopic (exact) mass is 410 g/mol. The van der Waals surface area contributed by atoms with E-state index in [4.69, 9.17) is 9.26 Å². The molecule has 0 aliphatic heterocycles. The summed E-state index contributed by atoms with van der Waals surface area (Å²) in [5.41, 5.74) is 2.69. The third-order valence-electron chi connectivity index (χ3n) is 5.01. The molecule has 5 aromatic rings. The Labute approximate surface area is 177 Å². The molecule has 0 saturated carbocycles. The number of nitrogens with zero attached hydrogens (tertiary/aromatic N) is 4. The molecule has 0 aliphatic carbocycles. The molecule has 0 spiro atoms. The Morgan fingerprint density at radius 3 is 2.55 bits per heavy atom. The summed E-state index contributed by atoms with van der Waals surface area (Å²) in [5, 5.41) is 9.89. The van der Waals surface area contributed by atoms with Gasteiger partial charge in [0.1, 0.15) is 5.75 Å². The lowest BCUT2D eigenvalue weighted by atomic mass is 10.1. The molecule has 2 aromatic heterocycles. The summed E-state index contributed by atoms with van der Waals surface area (Å²) in [6, 6.07) is 22.3. The van der Waals surface area contributed by atoms with Gasteiger partial charge in [-0.2, -0.15) is 14.8 Å². The van der Waals surface area contributed by atoms with Crippen LogP contribution in [0.25, 0.3) is 39.4 Å². The topological polar surface area (TPSA) is 83.0 Å². The van der Waals surface area contributed by atoms with E-state index in [9.17, 15) is 4.79 Å². The maximum Gasteiger partial charge on any atom is 0.279 e. The first kappa shape index (κ1) is 18.7. The first-order chi connectivity index (χ1) is 15.1. The van der Waals surface area contributed by atoms with Crippen LogP contribution in [-0.2, 0) is 0 Å². The van der Waals surface area contributed by atoms with Crippen LogP contribution in [0.1, 0.15) is 5.56 Å². The van der Waals surface area contributed by atoms with E-state index in [1.807, 2.05) is 73.7 Å². The van der Waals surface area contributed by atoms with Crippen molar-refractivity contribution in [3.63, 3.8) is 0 Å². The van der Waals surface area contributed by atoms with Crippen molar-refractivity contribution in [2.75, 3.05) is 7.11 Å². The van der Waals surface area contributed by atoms with E-state index in [2.05, 4.69) is 15.2 Å². The molecule has 2 heterocycles. The number of aromatic nitrogens is 4. The van der Waals surface area contributed by atoms with Crippen LogP contribution in [0, 0.1) is 6.92 Å². The van der Waals surface area contributed by atoms with E-state index in [-0.39, 0.29) is 11.4 Å². The van der Waals surface area contributed by atoms with E-state index in [1.54, 1.807) is 13.2 Å². The van der Waals surface area contributed by atoms with Gasteiger partial charge in [0.15, 0.2) is 5.69 Å². The lowest BCUT2D eigenvalue weighted by Crippen LogP contribution is -2.22. The number of hydrogen-bond donors (Lipinski definition) is 0. The van der Waals surface area contributed by atoms with Gasteiger partial charge in [-0.15, -0.1) is 0 Å². The average molecular weight is 410 g/mol. The fraction of sp³-hybridized carbons (Fsp3) is 0.0833. The lowest BCUT2D eigenvalue weighted by molar-refractivity contribution is 0.414. The van der Waals surface area contributed by atoms with Crippen LogP contribution in [0.4, 0.5) is 0 Å². The molecule has 0 unspecified atom stereocenters. The Bertz CT molecular complexity index is 1470.